The van der Waals surface area contributed by atoms with Crippen molar-refractivity contribution in [3.05, 3.63) is 57.0 Å². The molecule has 1 aliphatic rings. The van der Waals surface area contributed by atoms with Crippen LogP contribution in [-0.4, -0.2) is 49.1 Å². The molecule has 146 valence electrons. The molecular formula is C20H28N4O2S. The number of nitrogens with one attached hydrogen (secondary N) is 1. The maximum atomic E-state index is 10.7. The maximum Gasteiger partial charge on any atom is 0.324 e. The van der Waals surface area contributed by atoms with Crippen molar-refractivity contribution in [2.24, 2.45) is 0 Å². The fourth-order valence-electron chi connectivity index (χ4n) is 3.42. The van der Waals surface area contributed by atoms with E-state index in [1.54, 1.807) is 6.07 Å². The van der Waals surface area contributed by atoms with E-state index in [-0.39, 0.29) is 9.92 Å². The molecule has 1 saturated heterocycles. The second kappa shape index (κ2) is 9.82. The van der Waals surface area contributed by atoms with Gasteiger partial charge in [-0.05, 0) is 56.1 Å². The van der Waals surface area contributed by atoms with E-state index in [0.29, 0.717) is 6.54 Å². The van der Waals surface area contributed by atoms with Crippen molar-refractivity contribution in [1.29, 1.82) is 0 Å². The first-order chi connectivity index (χ1) is 13.1. The molecule has 1 aliphatic heterocycles. The fourth-order valence-corrected chi connectivity index (χ4v) is 4.15. The third-order valence-corrected chi connectivity index (χ3v) is 5.89. The molecule has 2 heterocycles. The van der Waals surface area contributed by atoms with Crippen LogP contribution in [0, 0.1) is 17.0 Å². The molecule has 0 bridgehead atoms. The molecule has 7 heteroatoms. The Hall–Kier alpha value is -1.96. The molecule has 2 aromatic rings. The van der Waals surface area contributed by atoms with Crippen molar-refractivity contribution in [2.45, 2.75) is 26.3 Å². The number of nitrogens with zero attached hydrogens (tertiary/aromatic N) is 3. The van der Waals surface area contributed by atoms with Crippen LogP contribution in [0.4, 0.5) is 10.7 Å². The van der Waals surface area contributed by atoms with E-state index >= 15 is 0 Å². The van der Waals surface area contributed by atoms with Gasteiger partial charge in [0.25, 0.3) is 0 Å². The maximum absolute atomic E-state index is 10.7. The molecule has 0 atom stereocenters. The molecule has 0 radical (unpaired) electrons. The summed E-state index contributed by atoms with van der Waals surface area (Å²) in [6.45, 7) is 9.39. The Kier molecular flexibility index (Phi) is 7.20. The lowest BCUT2D eigenvalue weighted by molar-refractivity contribution is -0.380. The number of rotatable bonds is 9. The zero-order valence-electron chi connectivity index (χ0n) is 15.9. The van der Waals surface area contributed by atoms with Gasteiger partial charge >= 0.3 is 5.00 Å². The van der Waals surface area contributed by atoms with Crippen LogP contribution in [0.1, 0.15) is 24.0 Å². The molecule has 1 N–H and O–H groups in total. The monoisotopic (exact) mass is 388 g/mol. The Labute approximate surface area is 164 Å². The lowest BCUT2D eigenvalue weighted by atomic mass is 10.2. The van der Waals surface area contributed by atoms with Crippen molar-refractivity contribution in [1.82, 2.24) is 10.2 Å². The minimum absolute atomic E-state index is 0.219. The number of piperazine rings is 1. The number of hydrogen-bond acceptors (Lipinski definition) is 6. The highest BCUT2D eigenvalue weighted by molar-refractivity contribution is 7.13. The smallest absolute Gasteiger partial charge is 0.324 e. The van der Waals surface area contributed by atoms with Gasteiger partial charge in [0.05, 0.1) is 4.92 Å². The highest BCUT2D eigenvalue weighted by Crippen LogP contribution is 2.22. The summed E-state index contributed by atoms with van der Waals surface area (Å²) in [5, 5.41) is 16.1. The van der Waals surface area contributed by atoms with Crippen LogP contribution in [0.3, 0.4) is 0 Å². The SMILES string of the molecule is Cc1cccc(N2CCN(CCCCNCc3csc([N+](=O)[O-])c3)CC2)c1. The topological polar surface area (TPSA) is 61.6 Å². The lowest BCUT2D eigenvalue weighted by Crippen LogP contribution is -2.46. The quantitative estimate of drug-likeness (QED) is 0.404. The first kappa shape index (κ1) is 19.8. The van der Waals surface area contributed by atoms with Gasteiger partial charge in [-0.15, -0.1) is 0 Å². The standard InChI is InChI=1S/C20H28N4O2S/c1-17-5-4-6-19(13-17)23-11-9-22(10-12-23)8-3-2-7-21-15-18-14-20(24(25)26)27-16-18/h4-6,13-14,16,21H,2-3,7-12,15H2,1H3. The van der Waals surface area contributed by atoms with Gasteiger partial charge in [-0.2, -0.15) is 0 Å². The molecule has 0 aliphatic carbocycles. The molecule has 0 spiro atoms. The summed E-state index contributed by atoms with van der Waals surface area (Å²) in [6.07, 6.45) is 2.31. The van der Waals surface area contributed by atoms with Crippen LogP contribution < -0.4 is 10.2 Å². The first-order valence-corrected chi connectivity index (χ1v) is 10.5. The van der Waals surface area contributed by atoms with E-state index in [1.165, 1.54) is 29.0 Å². The zero-order valence-corrected chi connectivity index (χ0v) is 16.7. The van der Waals surface area contributed by atoms with Crippen molar-refractivity contribution >= 4 is 22.0 Å². The van der Waals surface area contributed by atoms with Crippen LogP contribution in [-0.2, 0) is 6.54 Å². The van der Waals surface area contributed by atoms with Gasteiger partial charge < -0.3 is 10.2 Å². The minimum Gasteiger partial charge on any atom is -0.369 e. The van der Waals surface area contributed by atoms with E-state index in [1.807, 2.05) is 5.38 Å². The molecule has 0 unspecified atom stereocenters. The summed E-state index contributed by atoms with van der Waals surface area (Å²) < 4.78 is 0. The molecule has 27 heavy (non-hydrogen) atoms. The molecular weight excluding hydrogens is 360 g/mol. The van der Waals surface area contributed by atoms with Crippen molar-refractivity contribution < 1.29 is 4.92 Å². The number of benzene rings is 1. The number of thiophene rings is 1. The average molecular weight is 389 g/mol. The van der Waals surface area contributed by atoms with Gasteiger partial charge in [0.15, 0.2) is 0 Å². The third kappa shape index (κ3) is 6.02. The molecule has 0 saturated carbocycles. The average Bonchev–Trinajstić information content (AvgIpc) is 3.14. The van der Waals surface area contributed by atoms with Crippen LogP contribution >= 0.6 is 11.3 Å². The highest BCUT2D eigenvalue weighted by atomic mass is 32.1. The predicted molar refractivity (Wildman–Crippen MR) is 112 cm³/mol. The summed E-state index contributed by atoms with van der Waals surface area (Å²) >= 11 is 1.19. The third-order valence-electron chi connectivity index (χ3n) is 4.97. The van der Waals surface area contributed by atoms with Crippen molar-refractivity contribution in [2.75, 3.05) is 44.2 Å². The van der Waals surface area contributed by atoms with E-state index in [0.717, 1.165) is 51.3 Å². The molecule has 3 rings (SSSR count). The van der Waals surface area contributed by atoms with Crippen LogP contribution in [0.15, 0.2) is 35.7 Å². The van der Waals surface area contributed by atoms with Gasteiger partial charge in [-0.25, -0.2) is 0 Å². The zero-order chi connectivity index (χ0) is 19.1. The second-order valence-electron chi connectivity index (χ2n) is 7.10. The summed E-state index contributed by atoms with van der Waals surface area (Å²) in [5.74, 6) is 0. The van der Waals surface area contributed by atoms with E-state index in [2.05, 4.69) is 46.3 Å². The van der Waals surface area contributed by atoms with Gasteiger partial charge in [-0.1, -0.05) is 23.5 Å². The molecule has 0 amide bonds. The summed E-state index contributed by atoms with van der Waals surface area (Å²) in [4.78, 5) is 15.4. The summed E-state index contributed by atoms with van der Waals surface area (Å²) in [7, 11) is 0. The lowest BCUT2D eigenvalue weighted by Gasteiger charge is -2.36. The normalized spacial score (nSPS) is 15.2. The van der Waals surface area contributed by atoms with E-state index < -0.39 is 0 Å². The minimum atomic E-state index is -0.327. The fraction of sp³-hybridized carbons (Fsp3) is 0.500. The van der Waals surface area contributed by atoms with Gasteiger partial charge in [-0.3, -0.25) is 15.0 Å². The van der Waals surface area contributed by atoms with Gasteiger partial charge in [0.2, 0.25) is 0 Å². The van der Waals surface area contributed by atoms with Crippen LogP contribution in [0.5, 0.6) is 0 Å². The largest absolute Gasteiger partial charge is 0.369 e. The molecule has 1 aromatic carbocycles. The van der Waals surface area contributed by atoms with Crippen LogP contribution in [0.25, 0.3) is 0 Å². The number of aryl methyl sites for hydroxylation is 1. The molecule has 1 aromatic heterocycles. The number of nitro groups is 1. The Balaban J connectivity index is 1.26. The Morgan fingerprint density at radius 3 is 2.70 bits per heavy atom. The Morgan fingerprint density at radius 1 is 1.19 bits per heavy atom. The Bertz CT molecular complexity index is 741. The number of anilines is 1. The highest BCUT2D eigenvalue weighted by Gasteiger charge is 2.16. The summed E-state index contributed by atoms with van der Waals surface area (Å²) in [6, 6.07) is 10.4. The predicted octanol–water partition coefficient (Wildman–Crippen LogP) is 3.66. The van der Waals surface area contributed by atoms with E-state index in [4.69, 9.17) is 0 Å². The second-order valence-corrected chi connectivity index (χ2v) is 7.99. The molecule has 6 nitrogen and oxygen atoms in total. The van der Waals surface area contributed by atoms with Crippen molar-refractivity contribution in [3.63, 3.8) is 0 Å². The van der Waals surface area contributed by atoms with Crippen molar-refractivity contribution in [3.8, 4) is 0 Å². The summed E-state index contributed by atoms with van der Waals surface area (Å²) in [5.41, 5.74) is 3.66. The van der Waals surface area contributed by atoms with E-state index in [9.17, 15) is 10.1 Å². The first-order valence-electron chi connectivity index (χ1n) is 9.58. The molecule has 1 fully saturated rings. The van der Waals surface area contributed by atoms with Gasteiger partial charge in [0, 0.05) is 49.9 Å². The van der Waals surface area contributed by atoms with Gasteiger partial charge in [0.1, 0.15) is 0 Å². The van der Waals surface area contributed by atoms with Crippen LogP contribution in [0.2, 0.25) is 0 Å². The number of hydrogen-bond donors (Lipinski definition) is 1. The number of unbranched alkanes of at least 4 members (excludes halogenated alkanes) is 1. The Morgan fingerprint density at radius 2 is 2.00 bits per heavy atom.